The molecule has 0 saturated heterocycles. The molecule has 0 rings (SSSR count). The number of thioether (sulfide) groups is 1. The van der Waals surface area contributed by atoms with E-state index in [2.05, 4.69) is 39.5 Å². The first-order valence-electron chi connectivity index (χ1n) is 3.74. The van der Waals surface area contributed by atoms with Crippen LogP contribution in [0, 0.1) is 5.92 Å². The number of hydrogen-bond acceptors (Lipinski definition) is 1. The maximum atomic E-state index is 2.28. The number of hydrogen-bond donors (Lipinski definition) is 0. The van der Waals surface area contributed by atoms with Crippen molar-refractivity contribution in [1.82, 2.24) is 0 Å². The zero-order valence-electron chi connectivity index (χ0n) is 6.98. The summed E-state index contributed by atoms with van der Waals surface area (Å²) in [6, 6.07) is 0. The topological polar surface area (TPSA) is 0 Å². The van der Waals surface area contributed by atoms with E-state index < -0.39 is 0 Å². The summed E-state index contributed by atoms with van der Waals surface area (Å²) in [5.41, 5.74) is 0. The summed E-state index contributed by atoms with van der Waals surface area (Å²) in [6.07, 6.45) is 1.36. The van der Waals surface area contributed by atoms with Crippen LogP contribution in [0.1, 0.15) is 34.1 Å². The van der Waals surface area contributed by atoms with Crippen LogP contribution in [0.5, 0.6) is 0 Å². The van der Waals surface area contributed by atoms with Crippen molar-refractivity contribution in [2.24, 2.45) is 5.92 Å². The molecule has 0 spiro atoms. The van der Waals surface area contributed by atoms with Gasteiger partial charge in [0.1, 0.15) is 0 Å². The lowest BCUT2D eigenvalue weighted by Crippen LogP contribution is -1.93. The summed E-state index contributed by atoms with van der Waals surface area (Å²) >= 11 is 2.06. The van der Waals surface area contributed by atoms with Crippen LogP contribution in [0.3, 0.4) is 0 Å². The Labute approximate surface area is 63.4 Å². The summed E-state index contributed by atoms with van der Waals surface area (Å²) in [7, 11) is 0. The smallest absolute Gasteiger partial charge is 0.000968 e. The molecule has 0 nitrogen and oxygen atoms in total. The fraction of sp³-hybridized carbons (Fsp3) is 1.00. The van der Waals surface area contributed by atoms with Gasteiger partial charge in [0.05, 0.1) is 0 Å². The first-order valence-corrected chi connectivity index (χ1v) is 4.79. The average molecular weight is 146 g/mol. The monoisotopic (exact) mass is 146 g/mol. The van der Waals surface area contributed by atoms with E-state index in [-0.39, 0.29) is 0 Å². The molecule has 0 saturated carbocycles. The van der Waals surface area contributed by atoms with E-state index in [4.69, 9.17) is 0 Å². The third kappa shape index (κ3) is 8.35. The predicted molar refractivity (Wildman–Crippen MR) is 47.0 cm³/mol. The van der Waals surface area contributed by atoms with Crippen LogP contribution < -0.4 is 0 Å². The van der Waals surface area contributed by atoms with Gasteiger partial charge in [0.15, 0.2) is 0 Å². The first kappa shape index (κ1) is 9.35. The van der Waals surface area contributed by atoms with Gasteiger partial charge >= 0.3 is 0 Å². The summed E-state index contributed by atoms with van der Waals surface area (Å²) in [4.78, 5) is 0. The van der Waals surface area contributed by atoms with Crippen molar-refractivity contribution in [2.45, 2.75) is 39.4 Å². The third-order valence-corrected chi connectivity index (χ3v) is 2.28. The molecule has 0 aromatic heterocycles. The molecule has 0 radical (unpaired) electrons. The minimum atomic E-state index is 0.809. The maximum Gasteiger partial charge on any atom is -0.000968 e. The molecular weight excluding hydrogens is 128 g/mol. The van der Waals surface area contributed by atoms with Crippen LogP contribution in [0.2, 0.25) is 0 Å². The van der Waals surface area contributed by atoms with Crippen molar-refractivity contribution >= 4 is 11.8 Å². The molecule has 56 valence electrons. The van der Waals surface area contributed by atoms with E-state index in [9.17, 15) is 0 Å². The van der Waals surface area contributed by atoms with E-state index in [1.165, 1.54) is 12.2 Å². The van der Waals surface area contributed by atoms with Crippen molar-refractivity contribution in [3.8, 4) is 0 Å². The molecule has 0 heterocycles. The van der Waals surface area contributed by atoms with Crippen LogP contribution >= 0.6 is 11.8 Å². The Kier molecular flexibility index (Phi) is 5.36. The van der Waals surface area contributed by atoms with Gasteiger partial charge in [-0.25, -0.2) is 0 Å². The van der Waals surface area contributed by atoms with Crippen molar-refractivity contribution in [1.29, 1.82) is 0 Å². The van der Waals surface area contributed by atoms with E-state index in [1.54, 1.807) is 0 Å². The van der Waals surface area contributed by atoms with Crippen LogP contribution in [-0.4, -0.2) is 11.0 Å². The molecule has 0 aliphatic carbocycles. The van der Waals surface area contributed by atoms with Crippen molar-refractivity contribution in [2.75, 3.05) is 5.75 Å². The van der Waals surface area contributed by atoms with Gasteiger partial charge in [0.2, 0.25) is 0 Å². The fourth-order valence-electron chi connectivity index (χ4n) is 0.539. The molecule has 0 bridgehead atoms. The molecule has 0 aliphatic rings. The summed E-state index contributed by atoms with van der Waals surface area (Å²) < 4.78 is 0. The van der Waals surface area contributed by atoms with Crippen molar-refractivity contribution in [3.63, 3.8) is 0 Å². The SMILES string of the molecule is CC(C)CCSC(C)C. The molecule has 0 amide bonds. The zero-order valence-corrected chi connectivity index (χ0v) is 7.79. The highest BCUT2D eigenvalue weighted by molar-refractivity contribution is 7.99. The van der Waals surface area contributed by atoms with Crippen LogP contribution in [0.4, 0.5) is 0 Å². The first-order chi connectivity index (χ1) is 4.13. The lowest BCUT2D eigenvalue weighted by Gasteiger charge is -2.05. The van der Waals surface area contributed by atoms with E-state index >= 15 is 0 Å². The van der Waals surface area contributed by atoms with E-state index in [0.29, 0.717) is 0 Å². The second kappa shape index (κ2) is 5.16. The second-order valence-electron chi connectivity index (χ2n) is 3.10. The van der Waals surface area contributed by atoms with Gasteiger partial charge in [0.25, 0.3) is 0 Å². The fourth-order valence-corrected chi connectivity index (χ4v) is 1.62. The van der Waals surface area contributed by atoms with Gasteiger partial charge in [-0.1, -0.05) is 27.7 Å². The lowest BCUT2D eigenvalue weighted by molar-refractivity contribution is 0.631. The van der Waals surface area contributed by atoms with Gasteiger partial charge < -0.3 is 0 Å². The summed E-state index contributed by atoms with van der Waals surface area (Å²) in [5, 5.41) is 0.809. The van der Waals surface area contributed by atoms with Crippen LogP contribution in [-0.2, 0) is 0 Å². The van der Waals surface area contributed by atoms with Gasteiger partial charge in [0, 0.05) is 0 Å². The van der Waals surface area contributed by atoms with Gasteiger partial charge in [-0.05, 0) is 23.3 Å². The molecule has 0 fully saturated rings. The highest BCUT2D eigenvalue weighted by atomic mass is 32.2. The van der Waals surface area contributed by atoms with Gasteiger partial charge in [-0.2, -0.15) is 11.8 Å². The Balaban J connectivity index is 2.91. The molecule has 0 aliphatic heterocycles. The molecule has 0 N–H and O–H groups in total. The Morgan fingerprint density at radius 2 is 1.67 bits per heavy atom. The predicted octanol–water partition coefficient (Wildman–Crippen LogP) is 3.17. The molecule has 0 aromatic carbocycles. The standard InChI is InChI=1S/C8H18S/c1-7(2)5-6-9-8(3)4/h7-8H,5-6H2,1-4H3. The largest absolute Gasteiger partial charge is 0.159 e. The number of rotatable bonds is 4. The lowest BCUT2D eigenvalue weighted by atomic mass is 10.2. The minimum Gasteiger partial charge on any atom is -0.159 e. The summed E-state index contributed by atoms with van der Waals surface area (Å²) in [6.45, 7) is 9.07. The van der Waals surface area contributed by atoms with E-state index in [0.717, 1.165) is 11.2 Å². The highest BCUT2D eigenvalue weighted by Gasteiger charge is 1.95. The quantitative estimate of drug-likeness (QED) is 0.587. The Morgan fingerprint density at radius 3 is 2.00 bits per heavy atom. The third-order valence-electron chi connectivity index (χ3n) is 1.15. The van der Waals surface area contributed by atoms with Crippen molar-refractivity contribution < 1.29 is 0 Å². The van der Waals surface area contributed by atoms with Gasteiger partial charge in [-0.15, -0.1) is 0 Å². The Hall–Kier alpha value is 0.350. The second-order valence-corrected chi connectivity index (χ2v) is 4.79. The average Bonchev–Trinajstić information content (AvgIpc) is 1.63. The Morgan fingerprint density at radius 1 is 1.11 bits per heavy atom. The van der Waals surface area contributed by atoms with Gasteiger partial charge in [-0.3, -0.25) is 0 Å². The van der Waals surface area contributed by atoms with Crippen LogP contribution in [0.25, 0.3) is 0 Å². The Bertz CT molecular complexity index is 49.6. The molecule has 0 aromatic rings. The molecule has 1 heteroatoms. The molecule has 0 unspecified atom stereocenters. The van der Waals surface area contributed by atoms with Crippen LogP contribution in [0.15, 0.2) is 0 Å². The molecule has 0 atom stereocenters. The summed E-state index contributed by atoms with van der Waals surface area (Å²) in [5.74, 6) is 2.20. The zero-order chi connectivity index (χ0) is 7.28. The maximum absolute atomic E-state index is 2.28. The molecular formula is C8H18S. The van der Waals surface area contributed by atoms with E-state index in [1.807, 2.05) is 0 Å². The minimum absolute atomic E-state index is 0.809. The van der Waals surface area contributed by atoms with Crippen molar-refractivity contribution in [3.05, 3.63) is 0 Å². The molecule has 9 heavy (non-hydrogen) atoms. The highest BCUT2D eigenvalue weighted by Crippen LogP contribution is 2.13. The normalized spacial score (nSPS) is 11.3.